The number of piperazine rings is 1. The molecule has 9 heteroatoms. The van der Waals surface area contributed by atoms with E-state index in [4.69, 9.17) is 0 Å². The lowest BCUT2D eigenvalue weighted by Gasteiger charge is -2.38. The topological polar surface area (TPSA) is 91.5 Å². The van der Waals surface area contributed by atoms with Crippen LogP contribution < -0.4 is 10.2 Å². The number of anilines is 2. The van der Waals surface area contributed by atoms with Crippen LogP contribution in [0.25, 0.3) is 5.65 Å². The van der Waals surface area contributed by atoms with Crippen molar-refractivity contribution in [2.75, 3.05) is 36.9 Å². The second-order valence-electron chi connectivity index (χ2n) is 8.02. The number of aromatic nitrogens is 5. The Morgan fingerprint density at radius 1 is 1.06 bits per heavy atom. The summed E-state index contributed by atoms with van der Waals surface area (Å²) >= 11 is 0. The zero-order chi connectivity index (χ0) is 22.1. The number of likely N-dealkylation sites (N-methyl/N-ethyl adjacent to an activating group) is 1. The molecule has 1 amide bonds. The van der Waals surface area contributed by atoms with Crippen molar-refractivity contribution in [3.05, 3.63) is 78.0 Å². The predicted molar refractivity (Wildman–Crippen MR) is 122 cm³/mol. The van der Waals surface area contributed by atoms with Crippen LogP contribution in [0.15, 0.2) is 61.1 Å². The van der Waals surface area contributed by atoms with Gasteiger partial charge in [-0.1, -0.05) is 12.1 Å². The minimum Gasteiger partial charge on any atom is -0.338 e. The molecule has 162 valence electrons. The van der Waals surface area contributed by atoms with Crippen molar-refractivity contribution in [3.8, 4) is 0 Å². The summed E-state index contributed by atoms with van der Waals surface area (Å²) in [5.41, 5.74) is 3.10. The Morgan fingerprint density at radius 2 is 1.91 bits per heavy atom. The van der Waals surface area contributed by atoms with Gasteiger partial charge in [0.15, 0.2) is 11.5 Å². The van der Waals surface area contributed by atoms with Crippen molar-refractivity contribution < 1.29 is 4.79 Å². The Hall–Kier alpha value is -3.85. The Kier molecular flexibility index (Phi) is 5.24. The molecule has 0 saturated carbocycles. The van der Waals surface area contributed by atoms with Gasteiger partial charge in [-0.2, -0.15) is 0 Å². The van der Waals surface area contributed by atoms with E-state index in [-0.39, 0.29) is 11.9 Å². The molecule has 0 radical (unpaired) electrons. The van der Waals surface area contributed by atoms with Gasteiger partial charge in [0.1, 0.15) is 0 Å². The van der Waals surface area contributed by atoms with E-state index in [1.54, 1.807) is 18.5 Å². The van der Waals surface area contributed by atoms with E-state index in [2.05, 4.69) is 42.3 Å². The lowest BCUT2D eigenvalue weighted by atomic mass is 10.1. The number of benzene rings is 1. The number of amides is 1. The second-order valence-corrected chi connectivity index (χ2v) is 8.02. The highest BCUT2D eigenvalue weighted by Gasteiger charge is 2.30. The van der Waals surface area contributed by atoms with E-state index in [1.807, 2.05) is 53.9 Å². The van der Waals surface area contributed by atoms with Gasteiger partial charge in [-0.05, 0) is 49.9 Å². The first kappa shape index (κ1) is 20.1. The molecule has 0 spiro atoms. The number of rotatable bonds is 4. The molecule has 1 aliphatic rings. The van der Waals surface area contributed by atoms with Gasteiger partial charge in [0.2, 0.25) is 5.95 Å². The number of pyridine rings is 1. The van der Waals surface area contributed by atoms with Crippen LogP contribution in [0.1, 0.15) is 27.8 Å². The molecule has 0 unspecified atom stereocenters. The fourth-order valence-corrected chi connectivity index (χ4v) is 3.98. The average Bonchev–Trinajstić information content (AvgIpc) is 3.23. The number of hydrogen-bond donors (Lipinski definition) is 1. The molecular formula is C23H24N8O. The first-order chi connectivity index (χ1) is 15.6. The van der Waals surface area contributed by atoms with Gasteiger partial charge in [0, 0.05) is 43.9 Å². The Morgan fingerprint density at radius 3 is 2.72 bits per heavy atom. The van der Waals surface area contributed by atoms with E-state index in [0.29, 0.717) is 23.7 Å². The highest BCUT2D eigenvalue weighted by atomic mass is 16.1. The molecule has 0 aliphatic carbocycles. The molecule has 5 rings (SSSR count). The molecule has 0 bridgehead atoms. The molecular weight excluding hydrogens is 404 g/mol. The lowest BCUT2D eigenvalue weighted by Crippen LogP contribution is -2.47. The average molecular weight is 429 g/mol. The monoisotopic (exact) mass is 428 g/mol. The largest absolute Gasteiger partial charge is 0.338 e. The number of nitrogens with one attached hydrogen (secondary N) is 1. The first-order valence-corrected chi connectivity index (χ1v) is 10.5. The highest BCUT2D eigenvalue weighted by molar-refractivity contribution is 6.04. The zero-order valence-corrected chi connectivity index (χ0v) is 18.0. The number of carbonyl (C=O) groups excluding carboxylic acids is 1. The summed E-state index contributed by atoms with van der Waals surface area (Å²) in [5, 5.41) is 11.8. The van der Waals surface area contributed by atoms with Crippen molar-refractivity contribution in [1.82, 2.24) is 29.5 Å². The first-order valence-electron chi connectivity index (χ1n) is 10.5. The lowest BCUT2D eigenvalue weighted by molar-refractivity contribution is 0.102. The minimum absolute atomic E-state index is 0.0161. The minimum atomic E-state index is -0.173. The number of carbonyl (C=O) groups is 1. The summed E-state index contributed by atoms with van der Waals surface area (Å²) in [6.07, 6.45) is 5.31. The summed E-state index contributed by atoms with van der Waals surface area (Å²) in [7, 11) is 2.07. The van der Waals surface area contributed by atoms with Crippen LogP contribution in [0.3, 0.4) is 0 Å². The van der Waals surface area contributed by atoms with Gasteiger partial charge in [-0.25, -0.2) is 9.97 Å². The van der Waals surface area contributed by atoms with Crippen molar-refractivity contribution in [3.63, 3.8) is 0 Å². The molecule has 9 nitrogen and oxygen atoms in total. The third kappa shape index (κ3) is 3.90. The zero-order valence-electron chi connectivity index (χ0n) is 18.0. The van der Waals surface area contributed by atoms with E-state index < -0.39 is 0 Å². The summed E-state index contributed by atoms with van der Waals surface area (Å²) < 4.78 is 1.90. The third-order valence-corrected chi connectivity index (χ3v) is 5.75. The molecule has 1 aromatic carbocycles. The maximum absolute atomic E-state index is 12.9. The van der Waals surface area contributed by atoms with Crippen LogP contribution in [-0.2, 0) is 0 Å². The van der Waals surface area contributed by atoms with Crippen LogP contribution in [0.2, 0.25) is 0 Å². The van der Waals surface area contributed by atoms with Crippen molar-refractivity contribution in [1.29, 1.82) is 0 Å². The van der Waals surface area contributed by atoms with Crippen LogP contribution in [0, 0.1) is 6.92 Å². The Labute approximate surface area is 185 Å². The molecule has 1 atom stereocenters. The van der Waals surface area contributed by atoms with Gasteiger partial charge in [-0.15, -0.1) is 10.2 Å². The van der Waals surface area contributed by atoms with Crippen LogP contribution in [0.5, 0.6) is 0 Å². The molecule has 1 N–H and O–H groups in total. The maximum atomic E-state index is 12.9. The van der Waals surface area contributed by atoms with E-state index >= 15 is 0 Å². The fourth-order valence-electron chi connectivity index (χ4n) is 3.98. The number of aryl methyl sites for hydroxylation is 1. The molecule has 32 heavy (non-hydrogen) atoms. The van der Waals surface area contributed by atoms with Gasteiger partial charge >= 0.3 is 0 Å². The summed E-state index contributed by atoms with van der Waals surface area (Å²) in [6.45, 7) is 4.35. The summed E-state index contributed by atoms with van der Waals surface area (Å²) in [5.74, 6) is 1.32. The number of nitrogens with zero attached hydrogens (tertiary/aromatic N) is 7. The van der Waals surface area contributed by atoms with E-state index in [9.17, 15) is 4.79 Å². The Bertz CT molecular complexity index is 1260. The van der Waals surface area contributed by atoms with Gasteiger partial charge < -0.3 is 10.2 Å². The van der Waals surface area contributed by atoms with Crippen molar-refractivity contribution in [2.45, 2.75) is 13.0 Å². The van der Waals surface area contributed by atoms with Gasteiger partial charge in [0.25, 0.3) is 5.91 Å². The van der Waals surface area contributed by atoms with Crippen molar-refractivity contribution in [2.24, 2.45) is 0 Å². The Balaban J connectivity index is 1.43. The highest BCUT2D eigenvalue weighted by Crippen LogP contribution is 2.25. The summed E-state index contributed by atoms with van der Waals surface area (Å²) in [4.78, 5) is 26.1. The molecule has 4 heterocycles. The molecule has 1 fully saturated rings. The SMILES string of the molecule is Cc1cccc(NC(=O)c2ccc3nnc([C@@H]4CN(c5ncccn5)CCN4C)n3c2)c1. The van der Waals surface area contributed by atoms with E-state index in [1.165, 1.54) is 0 Å². The standard InChI is InChI=1S/C23H24N8O/c1-16-5-3-6-18(13-16)26-22(32)17-7-8-20-27-28-21(31(20)14-17)19-15-30(12-11-29(19)2)23-24-9-4-10-25-23/h3-10,13-14,19H,11-12,15H2,1-2H3,(H,26,32)/t19-/m0/s1. The van der Waals surface area contributed by atoms with Crippen LogP contribution in [-0.4, -0.2) is 62.1 Å². The number of hydrogen-bond acceptors (Lipinski definition) is 7. The maximum Gasteiger partial charge on any atom is 0.257 e. The smallest absolute Gasteiger partial charge is 0.257 e. The predicted octanol–water partition coefficient (Wildman–Crippen LogP) is 2.57. The van der Waals surface area contributed by atoms with Crippen LogP contribution >= 0.6 is 0 Å². The third-order valence-electron chi connectivity index (χ3n) is 5.75. The number of fused-ring (bicyclic) bond motifs is 1. The normalized spacial score (nSPS) is 16.9. The fraction of sp³-hybridized carbons (Fsp3) is 0.261. The van der Waals surface area contributed by atoms with Gasteiger partial charge in [-0.3, -0.25) is 14.1 Å². The molecule has 1 saturated heterocycles. The van der Waals surface area contributed by atoms with Crippen LogP contribution in [0.4, 0.5) is 11.6 Å². The quantitative estimate of drug-likeness (QED) is 0.534. The van der Waals surface area contributed by atoms with E-state index in [0.717, 1.165) is 30.2 Å². The van der Waals surface area contributed by atoms with Gasteiger partial charge in [0.05, 0.1) is 11.6 Å². The second kappa shape index (κ2) is 8.35. The molecule has 3 aromatic heterocycles. The summed E-state index contributed by atoms with van der Waals surface area (Å²) in [6, 6.07) is 13.1. The molecule has 4 aromatic rings. The van der Waals surface area contributed by atoms with Crippen molar-refractivity contribution >= 4 is 23.2 Å². The molecule has 1 aliphatic heterocycles.